The van der Waals surface area contributed by atoms with Crippen LogP contribution in [0.25, 0.3) is 0 Å². The van der Waals surface area contributed by atoms with Crippen molar-refractivity contribution in [3.8, 4) is 0 Å². The van der Waals surface area contributed by atoms with Gasteiger partial charge in [-0.2, -0.15) is 0 Å². The number of hydrogen-bond donors (Lipinski definition) is 0. The molecule has 106 valence electrons. The molecule has 20 heavy (non-hydrogen) atoms. The molecule has 0 aromatic heterocycles. The third kappa shape index (κ3) is 4.31. The van der Waals surface area contributed by atoms with Crippen molar-refractivity contribution in [2.45, 2.75) is 37.7 Å². The van der Waals surface area contributed by atoms with Gasteiger partial charge in [0.15, 0.2) is 0 Å². The third-order valence-electron chi connectivity index (χ3n) is 3.32. The monoisotopic (exact) mass is 286 g/mol. The van der Waals surface area contributed by atoms with E-state index < -0.39 is 10.8 Å². The fourth-order valence-electron chi connectivity index (χ4n) is 2.10. The van der Waals surface area contributed by atoms with E-state index in [-0.39, 0.29) is 5.41 Å². The first kappa shape index (κ1) is 15.0. The van der Waals surface area contributed by atoms with Crippen LogP contribution in [0.4, 0.5) is 0 Å². The molecule has 1 atom stereocenters. The van der Waals surface area contributed by atoms with Gasteiger partial charge in [-0.1, -0.05) is 75.4 Å². The summed E-state index contributed by atoms with van der Waals surface area (Å²) in [5, 5.41) is 0. The van der Waals surface area contributed by atoms with Crippen LogP contribution in [-0.2, 0) is 27.7 Å². The van der Waals surface area contributed by atoms with Gasteiger partial charge in [-0.25, -0.2) is 0 Å². The quantitative estimate of drug-likeness (QED) is 0.812. The fourth-order valence-corrected chi connectivity index (χ4v) is 3.33. The van der Waals surface area contributed by atoms with E-state index in [1.807, 2.05) is 30.3 Å². The summed E-state index contributed by atoms with van der Waals surface area (Å²) in [5.41, 5.74) is 3.77. The zero-order chi connectivity index (χ0) is 14.6. The molecule has 0 amide bonds. The molecule has 0 fully saturated rings. The van der Waals surface area contributed by atoms with Gasteiger partial charge in [0.2, 0.25) is 0 Å². The Hall–Kier alpha value is -1.41. The first-order valence-corrected chi connectivity index (χ1v) is 8.42. The molecule has 0 heterocycles. The van der Waals surface area contributed by atoms with Gasteiger partial charge in [0.25, 0.3) is 0 Å². The molecule has 0 aliphatic heterocycles. The molecule has 2 heteroatoms. The molecule has 0 radical (unpaired) electrons. The van der Waals surface area contributed by atoms with Gasteiger partial charge >= 0.3 is 0 Å². The van der Waals surface area contributed by atoms with E-state index in [0.717, 1.165) is 11.1 Å². The molecule has 0 bridgehead atoms. The van der Waals surface area contributed by atoms with E-state index in [4.69, 9.17) is 0 Å². The molecule has 0 N–H and O–H groups in total. The number of benzene rings is 2. The van der Waals surface area contributed by atoms with Gasteiger partial charge in [0.1, 0.15) is 0 Å². The highest BCUT2D eigenvalue weighted by Gasteiger charge is 2.13. The Morgan fingerprint density at radius 2 is 1.30 bits per heavy atom. The standard InChI is InChI=1S/C18H22OS/c1-18(2,3)17-11-9-16(10-12-17)14-20(19)13-15-7-5-4-6-8-15/h4-12H,13-14H2,1-3H3/t20-/m0/s1. The van der Waals surface area contributed by atoms with Crippen LogP contribution in [0.3, 0.4) is 0 Å². The Labute approximate surface area is 124 Å². The van der Waals surface area contributed by atoms with Crippen molar-refractivity contribution in [2.75, 3.05) is 0 Å². The van der Waals surface area contributed by atoms with Crippen molar-refractivity contribution in [2.24, 2.45) is 0 Å². The van der Waals surface area contributed by atoms with Gasteiger partial charge in [0, 0.05) is 22.3 Å². The third-order valence-corrected chi connectivity index (χ3v) is 4.63. The first-order chi connectivity index (χ1) is 9.45. The Morgan fingerprint density at radius 1 is 0.800 bits per heavy atom. The summed E-state index contributed by atoms with van der Waals surface area (Å²) in [7, 11) is -0.850. The van der Waals surface area contributed by atoms with Crippen molar-refractivity contribution < 1.29 is 4.21 Å². The van der Waals surface area contributed by atoms with Crippen molar-refractivity contribution in [3.63, 3.8) is 0 Å². The van der Waals surface area contributed by atoms with Crippen molar-refractivity contribution in [1.82, 2.24) is 0 Å². The highest BCUT2D eigenvalue weighted by atomic mass is 32.2. The second-order valence-electron chi connectivity index (χ2n) is 6.16. The molecule has 0 saturated heterocycles. The van der Waals surface area contributed by atoms with E-state index >= 15 is 0 Å². The summed E-state index contributed by atoms with van der Waals surface area (Å²) < 4.78 is 12.2. The summed E-state index contributed by atoms with van der Waals surface area (Å²) in [5.74, 6) is 1.25. The van der Waals surface area contributed by atoms with Crippen molar-refractivity contribution in [3.05, 3.63) is 71.3 Å². The molecule has 0 aliphatic rings. The van der Waals surface area contributed by atoms with Crippen LogP contribution >= 0.6 is 0 Å². The summed E-state index contributed by atoms with van der Waals surface area (Å²) in [6.07, 6.45) is 0. The Morgan fingerprint density at radius 3 is 1.80 bits per heavy atom. The Balaban J connectivity index is 1.98. The smallest absolute Gasteiger partial charge is 0.0489 e. The predicted molar refractivity (Wildman–Crippen MR) is 87.1 cm³/mol. The molecule has 0 spiro atoms. The van der Waals surface area contributed by atoms with E-state index in [9.17, 15) is 4.21 Å². The lowest BCUT2D eigenvalue weighted by molar-refractivity contribution is 0.590. The zero-order valence-electron chi connectivity index (χ0n) is 12.4. The molecule has 0 saturated carbocycles. The van der Waals surface area contributed by atoms with Crippen LogP contribution in [0.15, 0.2) is 54.6 Å². The molecule has 2 aromatic rings. The van der Waals surface area contributed by atoms with Gasteiger partial charge < -0.3 is 0 Å². The highest BCUT2D eigenvalue weighted by Crippen LogP contribution is 2.22. The lowest BCUT2D eigenvalue weighted by Crippen LogP contribution is -2.10. The average Bonchev–Trinajstić information content (AvgIpc) is 2.39. The van der Waals surface area contributed by atoms with Crippen LogP contribution in [0.5, 0.6) is 0 Å². The molecule has 0 aliphatic carbocycles. The molecular weight excluding hydrogens is 264 g/mol. The minimum Gasteiger partial charge on any atom is -0.259 e. The van der Waals surface area contributed by atoms with Gasteiger partial charge in [0.05, 0.1) is 0 Å². The lowest BCUT2D eigenvalue weighted by Gasteiger charge is -2.19. The number of rotatable bonds is 4. The maximum atomic E-state index is 12.2. The second kappa shape index (κ2) is 6.36. The van der Waals surface area contributed by atoms with E-state index in [2.05, 4.69) is 45.0 Å². The molecule has 2 aromatic carbocycles. The molecule has 1 nitrogen and oxygen atoms in total. The van der Waals surface area contributed by atoms with E-state index in [0.29, 0.717) is 11.5 Å². The van der Waals surface area contributed by atoms with Crippen LogP contribution in [0, 0.1) is 0 Å². The summed E-state index contributed by atoms with van der Waals surface area (Å²) >= 11 is 0. The molecule has 0 unspecified atom stereocenters. The van der Waals surface area contributed by atoms with Crippen LogP contribution in [0.2, 0.25) is 0 Å². The minimum absolute atomic E-state index is 0.168. The summed E-state index contributed by atoms with van der Waals surface area (Å²) in [6, 6.07) is 18.5. The summed E-state index contributed by atoms with van der Waals surface area (Å²) in [4.78, 5) is 0. The minimum atomic E-state index is -0.850. The van der Waals surface area contributed by atoms with E-state index in [1.165, 1.54) is 5.56 Å². The second-order valence-corrected chi connectivity index (χ2v) is 7.62. The molecular formula is C18H22OS. The maximum absolute atomic E-state index is 12.2. The van der Waals surface area contributed by atoms with Gasteiger partial charge in [-0.3, -0.25) is 4.21 Å². The van der Waals surface area contributed by atoms with Crippen molar-refractivity contribution in [1.29, 1.82) is 0 Å². The topological polar surface area (TPSA) is 17.1 Å². The summed E-state index contributed by atoms with van der Waals surface area (Å²) in [6.45, 7) is 6.61. The van der Waals surface area contributed by atoms with Crippen LogP contribution in [-0.4, -0.2) is 4.21 Å². The number of hydrogen-bond acceptors (Lipinski definition) is 1. The molecule has 2 rings (SSSR count). The highest BCUT2D eigenvalue weighted by molar-refractivity contribution is 7.83. The van der Waals surface area contributed by atoms with Gasteiger partial charge in [-0.15, -0.1) is 0 Å². The SMILES string of the molecule is CC(C)(C)c1ccc(C[S@@](=O)Cc2ccccc2)cc1. The van der Waals surface area contributed by atoms with Crippen LogP contribution < -0.4 is 0 Å². The fraction of sp³-hybridized carbons (Fsp3) is 0.333. The normalized spacial score (nSPS) is 13.2. The van der Waals surface area contributed by atoms with Gasteiger partial charge in [-0.05, 0) is 22.1 Å². The van der Waals surface area contributed by atoms with Crippen LogP contribution in [0.1, 0.15) is 37.5 Å². The predicted octanol–water partition coefficient (Wildman–Crippen LogP) is 4.43. The first-order valence-electron chi connectivity index (χ1n) is 6.93. The average molecular weight is 286 g/mol. The van der Waals surface area contributed by atoms with Crippen molar-refractivity contribution >= 4 is 10.8 Å². The Kier molecular flexibility index (Phi) is 4.77. The lowest BCUT2D eigenvalue weighted by atomic mass is 9.87. The van der Waals surface area contributed by atoms with E-state index in [1.54, 1.807) is 0 Å². The largest absolute Gasteiger partial charge is 0.259 e. The zero-order valence-corrected chi connectivity index (χ0v) is 13.2. The maximum Gasteiger partial charge on any atom is 0.0489 e. The Bertz CT molecular complexity index is 565.